The van der Waals surface area contributed by atoms with Crippen LogP contribution in [-0.2, 0) is 14.3 Å². The van der Waals surface area contributed by atoms with E-state index in [1.807, 2.05) is 49.4 Å². The molecule has 0 aromatic heterocycles. The normalized spacial score (nSPS) is 12.8. The van der Waals surface area contributed by atoms with Crippen LogP contribution in [0.25, 0.3) is 10.8 Å². The van der Waals surface area contributed by atoms with Gasteiger partial charge in [-0.2, -0.15) is 0 Å². The van der Waals surface area contributed by atoms with Crippen molar-refractivity contribution < 1.29 is 34.0 Å². The Bertz CT molecular complexity index is 1150. The van der Waals surface area contributed by atoms with Gasteiger partial charge >= 0.3 is 12.1 Å². The maximum atomic E-state index is 13.0. The first-order valence-corrected chi connectivity index (χ1v) is 11.8. The average Bonchev–Trinajstić information content (AvgIpc) is 2.88. The van der Waals surface area contributed by atoms with Crippen molar-refractivity contribution >= 4 is 28.5 Å². The van der Waals surface area contributed by atoms with Gasteiger partial charge in [-0.15, -0.1) is 0 Å². The molecule has 0 saturated heterocycles. The summed E-state index contributed by atoms with van der Waals surface area (Å²) in [5.41, 5.74) is 1.32. The number of hydrogen-bond donors (Lipinski definition) is 3. The summed E-state index contributed by atoms with van der Waals surface area (Å²) in [6.07, 6.45) is 1.59. The summed E-state index contributed by atoms with van der Waals surface area (Å²) in [7, 11) is 0. The number of carbonyl (C=O) groups excluding carboxylic acids is 1. The lowest BCUT2D eigenvalue weighted by Crippen LogP contribution is -2.29. The minimum atomic E-state index is -1.02. The number of fused-ring (bicyclic) bond motifs is 1. The molecule has 1 amide bonds. The topological polar surface area (TPSA) is 114 Å². The number of aliphatic carboxylic acids is 1. The van der Waals surface area contributed by atoms with E-state index in [9.17, 15) is 9.59 Å². The van der Waals surface area contributed by atoms with E-state index in [-0.39, 0.29) is 13.2 Å². The zero-order valence-corrected chi connectivity index (χ0v) is 20.1. The van der Waals surface area contributed by atoms with Crippen LogP contribution >= 0.6 is 0 Å². The molecule has 36 heavy (non-hydrogen) atoms. The first kappa shape index (κ1) is 26.7. The fraction of sp³-hybridized carbons (Fsp3) is 0.286. The van der Waals surface area contributed by atoms with E-state index in [1.165, 1.54) is 0 Å². The monoisotopic (exact) mass is 493 g/mol. The molecule has 0 aliphatic heterocycles. The highest BCUT2D eigenvalue weighted by Gasteiger charge is 2.28. The summed E-state index contributed by atoms with van der Waals surface area (Å²) in [5.74, 6) is -0.451. The second kappa shape index (κ2) is 13.9. The molecule has 0 saturated carbocycles. The molecule has 0 spiro atoms. The number of hydrogen-bond acceptors (Lipinski definition) is 6. The van der Waals surface area contributed by atoms with E-state index in [2.05, 4.69) is 5.32 Å². The summed E-state index contributed by atoms with van der Waals surface area (Å²) in [5, 5.41) is 22.6. The lowest BCUT2D eigenvalue weighted by molar-refractivity contribution is -0.131. The predicted molar refractivity (Wildman–Crippen MR) is 137 cm³/mol. The van der Waals surface area contributed by atoms with Gasteiger partial charge < -0.3 is 24.4 Å². The van der Waals surface area contributed by atoms with Gasteiger partial charge in [-0.1, -0.05) is 54.6 Å². The smallest absolute Gasteiger partial charge is 0.412 e. The molecule has 190 valence electrons. The molecule has 0 bridgehead atoms. The number of aliphatic hydroxyl groups excluding tert-OH is 1. The Morgan fingerprint density at radius 1 is 1.03 bits per heavy atom. The fourth-order valence-corrected chi connectivity index (χ4v) is 3.85. The number of aliphatic hydroxyl groups is 1. The molecule has 3 aromatic carbocycles. The molecule has 0 heterocycles. The summed E-state index contributed by atoms with van der Waals surface area (Å²) in [6, 6.07) is 20.4. The Morgan fingerprint density at radius 3 is 2.50 bits per heavy atom. The molecule has 2 atom stereocenters. The van der Waals surface area contributed by atoms with Gasteiger partial charge in [0, 0.05) is 18.1 Å². The summed E-state index contributed by atoms with van der Waals surface area (Å²) < 4.78 is 17.3. The fourth-order valence-electron chi connectivity index (χ4n) is 3.85. The van der Waals surface area contributed by atoms with Gasteiger partial charge in [0.05, 0.1) is 18.4 Å². The molecule has 0 aliphatic carbocycles. The van der Waals surface area contributed by atoms with E-state index in [4.69, 9.17) is 24.4 Å². The van der Waals surface area contributed by atoms with Gasteiger partial charge in [-0.3, -0.25) is 5.32 Å². The molecule has 8 nitrogen and oxygen atoms in total. The molecule has 0 fully saturated rings. The zero-order chi connectivity index (χ0) is 25.8. The van der Waals surface area contributed by atoms with E-state index < -0.39 is 24.3 Å². The summed E-state index contributed by atoms with van der Waals surface area (Å²) in [6.45, 7) is 2.30. The molecule has 8 heteroatoms. The lowest BCUT2D eigenvalue weighted by Gasteiger charge is -2.27. The number of nitrogens with one attached hydrogen (secondary N) is 1. The highest BCUT2D eigenvalue weighted by Crippen LogP contribution is 2.30. The van der Waals surface area contributed by atoms with Crippen LogP contribution in [0.2, 0.25) is 0 Å². The second-order valence-corrected chi connectivity index (χ2v) is 7.93. The van der Waals surface area contributed by atoms with Gasteiger partial charge in [0.25, 0.3) is 0 Å². The Balaban J connectivity index is 1.83. The average molecular weight is 494 g/mol. The van der Waals surface area contributed by atoms with Crippen LogP contribution < -0.4 is 10.1 Å². The van der Waals surface area contributed by atoms with Crippen LogP contribution in [0.15, 0.2) is 78.9 Å². The Morgan fingerprint density at radius 2 is 1.78 bits per heavy atom. The van der Waals surface area contributed by atoms with Crippen LogP contribution in [0.1, 0.15) is 31.4 Å². The first-order chi connectivity index (χ1) is 17.5. The van der Waals surface area contributed by atoms with Crippen LogP contribution in [0.3, 0.4) is 0 Å². The highest BCUT2D eigenvalue weighted by molar-refractivity contribution is 6.00. The van der Waals surface area contributed by atoms with Crippen molar-refractivity contribution in [3.8, 4) is 5.75 Å². The van der Waals surface area contributed by atoms with E-state index in [0.29, 0.717) is 36.4 Å². The molecule has 0 radical (unpaired) electrons. The first-order valence-electron chi connectivity index (χ1n) is 11.8. The standard InChI is InChI=1S/C28H31NO7/c1-2-34-25(12-5-6-13-26(31)32)27(21-14-16-22(17-15-21)35-19-18-30)36-28(33)29-24-11-7-9-20-8-3-4-10-23(20)24/h3-4,6-11,13-17,25,27,30H,2,5,12,18-19H2,1H3,(H,29,33)(H,31,32)/b13-6+/t25-,27-/m1/s1. The maximum Gasteiger partial charge on any atom is 0.412 e. The van der Waals surface area contributed by atoms with Gasteiger partial charge in [-0.25, -0.2) is 9.59 Å². The van der Waals surface area contributed by atoms with Gasteiger partial charge in [-0.05, 0) is 48.9 Å². The van der Waals surface area contributed by atoms with Gasteiger partial charge in [0.2, 0.25) is 0 Å². The molecular weight excluding hydrogens is 462 g/mol. The number of amides is 1. The number of anilines is 1. The van der Waals surface area contributed by atoms with Crippen LogP contribution in [-0.4, -0.2) is 48.2 Å². The van der Waals surface area contributed by atoms with E-state index in [1.54, 1.807) is 30.3 Å². The molecular formula is C28H31NO7. The van der Waals surface area contributed by atoms with Crippen molar-refractivity contribution in [1.82, 2.24) is 0 Å². The summed E-state index contributed by atoms with van der Waals surface area (Å²) >= 11 is 0. The number of carboxylic acid groups (broad SMARTS) is 1. The van der Waals surface area contributed by atoms with E-state index in [0.717, 1.165) is 16.8 Å². The lowest BCUT2D eigenvalue weighted by atomic mass is 10.00. The largest absolute Gasteiger partial charge is 0.491 e. The predicted octanol–water partition coefficient (Wildman–Crippen LogP) is 5.33. The van der Waals surface area contributed by atoms with Crippen LogP contribution in [0.4, 0.5) is 10.5 Å². The number of rotatable bonds is 13. The molecule has 0 aliphatic rings. The Hall–Kier alpha value is -3.88. The minimum Gasteiger partial charge on any atom is -0.491 e. The quantitative estimate of drug-likeness (QED) is 0.276. The molecule has 3 N–H and O–H groups in total. The van der Waals surface area contributed by atoms with Crippen LogP contribution in [0, 0.1) is 0 Å². The number of carbonyl (C=O) groups is 2. The van der Waals surface area contributed by atoms with Gasteiger partial charge in [0.15, 0.2) is 6.10 Å². The third kappa shape index (κ3) is 7.83. The van der Waals surface area contributed by atoms with Crippen molar-refractivity contribution in [3.05, 3.63) is 84.4 Å². The van der Waals surface area contributed by atoms with Crippen molar-refractivity contribution in [2.24, 2.45) is 0 Å². The molecule has 3 rings (SSSR count). The molecule has 3 aromatic rings. The SMILES string of the molecule is CCO[C@H](CC/C=C/C(=O)O)[C@H](OC(=O)Nc1cccc2ccccc12)c1ccc(OCCO)cc1. The number of benzene rings is 3. The zero-order valence-electron chi connectivity index (χ0n) is 20.1. The van der Waals surface area contributed by atoms with Crippen molar-refractivity contribution in [2.75, 3.05) is 25.1 Å². The number of ether oxygens (including phenoxy) is 3. The number of carboxylic acids is 1. The van der Waals surface area contributed by atoms with E-state index >= 15 is 0 Å². The second-order valence-electron chi connectivity index (χ2n) is 7.93. The summed E-state index contributed by atoms with van der Waals surface area (Å²) in [4.78, 5) is 23.9. The van der Waals surface area contributed by atoms with Gasteiger partial charge in [0.1, 0.15) is 12.4 Å². The van der Waals surface area contributed by atoms with Crippen molar-refractivity contribution in [2.45, 2.75) is 32.0 Å². The molecule has 0 unspecified atom stereocenters. The highest BCUT2D eigenvalue weighted by atomic mass is 16.6. The minimum absolute atomic E-state index is 0.0991. The third-order valence-corrected chi connectivity index (χ3v) is 5.43. The maximum absolute atomic E-state index is 13.0. The number of allylic oxidation sites excluding steroid dienone is 1. The van der Waals surface area contributed by atoms with Crippen molar-refractivity contribution in [3.63, 3.8) is 0 Å². The van der Waals surface area contributed by atoms with Crippen molar-refractivity contribution in [1.29, 1.82) is 0 Å². The van der Waals surface area contributed by atoms with Crippen LogP contribution in [0.5, 0.6) is 5.75 Å². The third-order valence-electron chi connectivity index (χ3n) is 5.43. The Kier molecular flexibility index (Phi) is 10.3. The Labute approximate surface area is 210 Å².